The van der Waals surface area contributed by atoms with Crippen LogP contribution in [0.1, 0.15) is 24.1 Å². The molecule has 4 rings (SSSR count). The number of carbonyl (C=O) groups is 1. The van der Waals surface area contributed by atoms with E-state index in [0.29, 0.717) is 26.4 Å². The Balaban J connectivity index is 1.92. The van der Waals surface area contributed by atoms with Crippen LogP contribution in [0.3, 0.4) is 0 Å². The molecule has 0 aliphatic carbocycles. The third kappa shape index (κ3) is 4.07. The number of ether oxygens (including phenoxy) is 2. The highest BCUT2D eigenvalue weighted by Gasteiger charge is 2.33. The van der Waals surface area contributed by atoms with Crippen molar-refractivity contribution in [3.8, 4) is 5.75 Å². The predicted octanol–water partition coefficient (Wildman–Crippen LogP) is 2.97. The molecule has 0 N–H and O–H groups in total. The second-order valence-electron chi connectivity index (χ2n) is 7.15. The highest BCUT2D eigenvalue weighted by Crippen LogP contribution is 2.31. The molecule has 32 heavy (non-hydrogen) atoms. The monoisotopic (exact) mass is 446 g/mol. The summed E-state index contributed by atoms with van der Waals surface area (Å²) in [5.74, 6) is 0.158. The molecule has 6 nitrogen and oxygen atoms in total. The number of hydrogen-bond acceptors (Lipinski definition) is 6. The zero-order valence-corrected chi connectivity index (χ0v) is 18.6. The molecule has 2 aromatic carbocycles. The largest absolute Gasteiger partial charge is 0.497 e. The summed E-state index contributed by atoms with van der Waals surface area (Å²) in [7, 11) is 1.59. The van der Waals surface area contributed by atoms with Crippen LogP contribution in [0.2, 0.25) is 0 Å². The van der Waals surface area contributed by atoms with Crippen molar-refractivity contribution in [1.82, 2.24) is 4.57 Å². The number of allylic oxidation sites excluding steroid dienone is 1. The number of fused-ring (bicyclic) bond motifs is 1. The number of benzene rings is 2. The number of methoxy groups -OCH3 is 1. The number of thiazole rings is 1. The molecule has 7 heteroatoms. The molecule has 3 aromatic rings. The molecule has 0 radical (unpaired) electrons. The Hall–Kier alpha value is -3.71. The van der Waals surface area contributed by atoms with Crippen molar-refractivity contribution in [2.45, 2.75) is 13.0 Å². The van der Waals surface area contributed by atoms with E-state index in [4.69, 9.17) is 9.47 Å². The fourth-order valence-electron chi connectivity index (χ4n) is 3.60. The van der Waals surface area contributed by atoms with Crippen LogP contribution in [-0.4, -0.2) is 24.3 Å². The van der Waals surface area contributed by atoms with Crippen LogP contribution < -0.4 is 19.6 Å². The van der Waals surface area contributed by atoms with E-state index in [1.807, 2.05) is 48.5 Å². The topological polar surface area (TPSA) is 69.9 Å². The summed E-state index contributed by atoms with van der Waals surface area (Å²) in [5, 5.41) is 0. The molecule has 1 aliphatic heterocycles. The van der Waals surface area contributed by atoms with Crippen LogP contribution >= 0.6 is 11.3 Å². The van der Waals surface area contributed by atoms with Gasteiger partial charge < -0.3 is 9.47 Å². The summed E-state index contributed by atoms with van der Waals surface area (Å²) in [5.41, 5.74) is 2.32. The van der Waals surface area contributed by atoms with Gasteiger partial charge in [-0.05, 0) is 36.3 Å². The number of esters is 1. The Morgan fingerprint density at radius 3 is 2.56 bits per heavy atom. The molecule has 162 valence electrons. The number of nitrogens with zero attached hydrogens (tertiary/aromatic N) is 2. The van der Waals surface area contributed by atoms with Gasteiger partial charge >= 0.3 is 5.97 Å². The minimum absolute atomic E-state index is 0.0728. The Morgan fingerprint density at radius 1 is 1.19 bits per heavy atom. The van der Waals surface area contributed by atoms with Crippen molar-refractivity contribution >= 4 is 23.4 Å². The maximum absolute atomic E-state index is 13.5. The van der Waals surface area contributed by atoms with E-state index in [2.05, 4.69) is 11.6 Å². The lowest BCUT2D eigenvalue weighted by molar-refractivity contribution is -0.138. The van der Waals surface area contributed by atoms with Crippen molar-refractivity contribution in [3.63, 3.8) is 0 Å². The molecule has 0 spiro atoms. The van der Waals surface area contributed by atoms with Gasteiger partial charge in [0.1, 0.15) is 12.4 Å². The van der Waals surface area contributed by atoms with Gasteiger partial charge in [-0.3, -0.25) is 9.36 Å². The summed E-state index contributed by atoms with van der Waals surface area (Å²) < 4.78 is 12.7. The lowest BCUT2D eigenvalue weighted by Crippen LogP contribution is -2.39. The van der Waals surface area contributed by atoms with E-state index in [9.17, 15) is 9.59 Å². The quantitative estimate of drug-likeness (QED) is 0.431. The van der Waals surface area contributed by atoms with Crippen LogP contribution in [0.25, 0.3) is 6.08 Å². The first-order chi connectivity index (χ1) is 15.5. The summed E-state index contributed by atoms with van der Waals surface area (Å²) in [4.78, 5) is 31.6. The molecule has 0 amide bonds. The number of aromatic nitrogens is 1. The third-order valence-corrected chi connectivity index (χ3v) is 6.09. The first kappa shape index (κ1) is 21.5. The SMILES string of the molecule is C=CCOC(=O)C1=C(C)N=c2s/c(=C/c3ccccc3)c(=O)n2[C@@H]1c1ccc(OC)cc1. The zero-order chi connectivity index (χ0) is 22.7. The lowest BCUT2D eigenvalue weighted by atomic mass is 9.96. The van der Waals surface area contributed by atoms with Crippen LogP contribution in [0.5, 0.6) is 5.75 Å². The van der Waals surface area contributed by atoms with Crippen molar-refractivity contribution in [3.05, 3.63) is 109 Å². The number of carbonyl (C=O) groups excluding carboxylic acids is 1. The van der Waals surface area contributed by atoms with Gasteiger partial charge in [-0.25, -0.2) is 9.79 Å². The number of hydrogen-bond donors (Lipinski definition) is 0. The summed E-state index contributed by atoms with van der Waals surface area (Å²) in [6.07, 6.45) is 3.34. The Kier molecular flexibility index (Phi) is 6.18. The first-order valence-electron chi connectivity index (χ1n) is 10.0. The molecular formula is C25H22N2O4S. The molecule has 0 saturated heterocycles. The molecule has 0 fully saturated rings. The highest BCUT2D eigenvalue weighted by molar-refractivity contribution is 7.07. The maximum Gasteiger partial charge on any atom is 0.338 e. The zero-order valence-electron chi connectivity index (χ0n) is 17.8. The molecule has 1 atom stereocenters. The van der Waals surface area contributed by atoms with E-state index in [1.54, 1.807) is 30.7 Å². The predicted molar refractivity (Wildman–Crippen MR) is 124 cm³/mol. The van der Waals surface area contributed by atoms with Gasteiger partial charge in [0.15, 0.2) is 4.80 Å². The molecule has 1 aliphatic rings. The second-order valence-corrected chi connectivity index (χ2v) is 8.16. The van der Waals surface area contributed by atoms with Crippen LogP contribution in [0.15, 0.2) is 88.3 Å². The van der Waals surface area contributed by atoms with Gasteiger partial charge in [0, 0.05) is 0 Å². The molecule has 1 aromatic heterocycles. The average Bonchev–Trinajstić information content (AvgIpc) is 3.11. The molecule has 0 bridgehead atoms. The molecule has 0 unspecified atom stereocenters. The van der Waals surface area contributed by atoms with Gasteiger partial charge in [0.05, 0.1) is 29.0 Å². The van der Waals surface area contributed by atoms with E-state index in [-0.39, 0.29) is 12.2 Å². The van der Waals surface area contributed by atoms with E-state index >= 15 is 0 Å². The average molecular weight is 447 g/mol. The fraction of sp³-hybridized carbons (Fsp3) is 0.160. The normalized spacial score (nSPS) is 15.7. The first-order valence-corrected chi connectivity index (χ1v) is 10.8. The van der Waals surface area contributed by atoms with Gasteiger partial charge in [-0.15, -0.1) is 0 Å². The van der Waals surface area contributed by atoms with Crippen LogP contribution in [0.4, 0.5) is 0 Å². The van der Waals surface area contributed by atoms with Crippen molar-refractivity contribution < 1.29 is 14.3 Å². The molecular weight excluding hydrogens is 424 g/mol. The van der Waals surface area contributed by atoms with Gasteiger partial charge in [0.2, 0.25) is 0 Å². The minimum Gasteiger partial charge on any atom is -0.497 e. The van der Waals surface area contributed by atoms with Crippen molar-refractivity contribution in [2.75, 3.05) is 13.7 Å². The van der Waals surface area contributed by atoms with Crippen LogP contribution in [-0.2, 0) is 9.53 Å². The molecule has 0 saturated carbocycles. The standard InChI is InChI=1S/C25H22N2O4S/c1-4-14-31-24(29)21-16(2)26-25-27(22(21)18-10-12-19(30-3)13-11-18)23(28)20(32-25)15-17-8-6-5-7-9-17/h4-13,15,22H,1,14H2,2-3H3/b20-15+/t22-/m1/s1. The van der Waals surface area contributed by atoms with Crippen molar-refractivity contribution in [2.24, 2.45) is 4.99 Å². The van der Waals surface area contributed by atoms with Gasteiger partial charge in [0.25, 0.3) is 5.56 Å². The maximum atomic E-state index is 13.5. The van der Waals surface area contributed by atoms with E-state index in [1.165, 1.54) is 17.4 Å². The van der Waals surface area contributed by atoms with Gasteiger partial charge in [-0.2, -0.15) is 0 Å². The van der Waals surface area contributed by atoms with Crippen molar-refractivity contribution in [1.29, 1.82) is 0 Å². The second kappa shape index (κ2) is 9.20. The smallest absolute Gasteiger partial charge is 0.338 e. The van der Waals surface area contributed by atoms with Crippen LogP contribution in [0, 0.1) is 0 Å². The number of rotatable bonds is 6. The Morgan fingerprint density at radius 2 is 1.91 bits per heavy atom. The summed E-state index contributed by atoms with van der Waals surface area (Å²) >= 11 is 1.30. The summed E-state index contributed by atoms with van der Waals surface area (Å²) in [6, 6.07) is 16.3. The summed E-state index contributed by atoms with van der Waals surface area (Å²) in [6.45, 7) is 5.43. The van der Waals surface area contributed by atoms with Gasteiger partial charge in [-0.1, -0.05) is 66.5 Å². The Labute approximate surface area is 189 Å². The molecule has 2 heterocycles. The third-order valence-electron chi connectivity index (χ3n) is 5.10. The fourth-order valence-corrected chi connectivity index (χ4v) is 4.64. The Bertz CT molecular complexity index is 1370. The highest BCUT2D eigenvalue weighted by atomic mass is 32.1. The van der Waals surface area contributed by atoms with E-state index in [0.717, 1.165) is 11.1 Å². The minimum atomic E-state index is -0.660. The lowest BCUT2D eigenvalue weighted by Gasteiger charge is -2.24. The van der Waals surface area contributed by atoms with E-state index < -0.39 is 12.0 Å².